The standard InChI is InChI=1S/C10H12N2O2.Na/c11-5-8(10(13)14)9-6-12-3-1-7(9)2-4-12;/h7H,1-4,6H2,(H,13,14);/q;+1/p-1. The van der Waals surface area contributed by atoms with Crippen LogP contribution in [-0.2, 0) is 4.79 Å². The molecule has 0 atom stereocenters. The first kappa shape index (κ1) is 12.7. The second kappa shape index (κ2) is 5.13. The largest absolute Gasteiger partial charge is 1.00 e. The molecule has 0 saturated carbocycles. The molecule has 0 unspecified atom stereocenters. The van der Waals surface area contributed by atoms with Crippen molar-refractivity contribution in [2.75, 3.05) is 19.6 Å². The maximum atomic E-state index is 10.7. The summed E-state index contributed by atoms with van der Waals surface area (Å²) in [5.74, 6) is -1.02. The van der Waals surface area contributed by atoms with E-state index >= 15 is 0 Å². The smallest absolute Gasteiger partial charge is 0.544 e. The zero-order chi connectivity index (χ0) is 10.1. The van der Waals surface area contributed by atoms with Crippen molar-refractivity contribution in [3.05, 3.63) is 11.1 Å². The normalized spacial score (nSPS) is 31.4. The van der Waals surface area contributed by atoms with E-state index < -0.39 is 5.97 Å². The molecule has 3 saturated heterocycles. The van der Waals surface area contributed by atoms with Gasteiger partial charge in [-0.15, -0.1) is 0 Å². The minimum Gasteiger partial charge on any atom is -0.544 e. The van der Waals surface area contributed by atoms with Crippen LogP contribution in [0.2, 0.25) is 0 Å². The van der Waals surface area contributed by atoms with E-state index in [-0.39, 0.29) is 35.1 Å². The van der Waals surface area contributed by atoms with Crippen molar-refractivity contribution >= 4 is 5.97 Å². The summed E-state index contributed by atoms with van der Waals surface area (Å²) in [6.45, 7) is 2.70. The van der Waals surface area contributed by atoms with E-state index in [2.05, 4.69) is 4.90 Å². The maximum absolute atomic E-state index is 10.7. The molecule has 0 aliphatic carbocycles. The van der Waals surface area contributed by atoms with Crippen molar-refractivity contribution in [2.24, 2.45) is 5.92 Å². The zero-order valence-electron chi connectivity index (χ0n) is 8.82. The topological polar surface area (TPSA) is 67.2 Å². The molecule has 3 aliphatic heterocycles. The molecule has 0 aromatic carbocycles. The third-order valence-electron chi connectivity index (χ3n) is 3.11. The summed E-state index contributed by atoms with van der Waals surface area (Å²) in [5, 5.41) is 19.4. The summed E-state index contributed by atoms with van der Waals surface area (Å²) >= 11 is 0. The van der Waals surface area contributed by atoms with E-state index in [0.29, 0.717) is 12.5 Å². The summed E-state index contributed by atoms with van der Waals surface area (Å²) in [5.41, 5.74) is 0.643. The number of carbonyl (C=O) groups is 1. The first-order chi connectivity index (χ1) is 6.72. The number of nitrogens with zero attached hydrogens (tertiary/aromatic N) is 2. The van der Waals surface area contributed by atoms with Gasteiger partial charge >= 0.3 is 29.6 Å². The van der Waals surface area contributed by atoms with Crippen molar-refractivity contribution in [1.29, 1.82) is 5.26 Å². The van der Waals surface area contributed by atoms with E-state index in [1.54, 1.807) is 6.07 Å². The second-order valence-corrected chi connectivity index (χ2v) is 3.85. The van der Waals surface area contributed by atoms with Crippen LogP contribution in [0.3, 0.4) is 0 Å². The molecule has 4 nitrogen and oxygen atoms in total. The van der Waals surface area contributed by atoms with Crippen LogP contribution in [0.5, 0.6) is 0 Å². The Bertz CT molecular complexity index is 338. The fourth-order valence-corrected chi connectivity index (χ4v) is 2.34. The van der Waals surface area contributed by atoms with E-state index in [1.807, 2.05) is 0 Å². The molecule has 0 N–H and O–H groups in total. The van der Waals surface area contributed by atoms with Crippen molar-refractivity contribution in [1.82, 2.24) is 4.90 Å². The number of nitriles is 1. The first-order valence-corrected chi connectivity index (χ1v) is 4.79. The van der Waals surface area contributed by atoms with Gasteiger partial charge in [-0.25, -0.2) is 0 Å². The predicted octanol–water partition coefficient (Wildman–Crippen LogP) is -3.71. The van der Waals surface area contributed by atoms with Crippen LogP contribution >= 0.6 is 0 Å². The number of carbonyl (C=O) groups excluding carboxylic acids is 1. The molecule has 3 fully saturated rings. The zero-order valence-corrected chi connectivity index (χ0v) is 10.8. The number of aliphatic carboxylic acids is 1. The van der Waals surface area contributed by atoms with Crippen molar-refractivity contribution in [3.63, 3.8) is 0 Å². The van der Waals surface area contributed by atoms with Crippen molar-refractivity contribution in [2.45, 2.75) is 12.8 Å². The molecular formula is C10H11N2NaO2. The Kier molecular flexibility index (Phi) is 4.35. The third kappa shape index (κ3) is 2.43. The Labute approximate surface area is 111 Å². The SMILES string of the molecule is N#CC(C(=O)[O-])=C1CN2CCC1CC2.[Na+]. The summed E-state index contributed by atoms with van der Waals surface area (Å²) in [6.07, 6.45) is 1.96. The number of carboxylic acid groups (broad SMARTS) is 1. The number of hydrogen-bond donors (Lipinski definition) is 0. The van der Waals surface area contributed by atoms with E-state index in [1.165, 1.54) is 0 Å². The Balaban J connectivity index is 0.00000112. The van der Waals surface area contributed by atoms with Gasteiger partial charge in [-0.3, -0.25) is 4.90 Å². The average molecular weight is 214 g/mol. The molecule has 0 aromatic rings. The predicted molar refractivity (Wildman–Crippen MR) is 46.8 cm³/mol. The van der Waals surface area contributed by atoms with Crippen LogP contribution in [0, 0.1) is 17.2 Å². The number of carboxylic acids is 1. The molecule has 2 bridgehead atoms. The van der Waals surface area contributed by atoms with Crippen LogP contribution in [0.4, 0.5) is 0 Å². The van der Waals surface area contributed by atoms with Gasteiger partial charge in [0.2, 0.25) is 0 Å². The number of rotatable bonds is 1. The third-order valence-corrected chi connectivity index (χ3v) is 3.11. The Morgan fingerprint density at radius 2 is 2.07 bits per heavy atom. The number of piperidine rings is 3. The quantitative estimate of drug-likeness (QED) is 0.256. The summed E-state index contributed by atoms with van der Waals surface area (Å²) in [6, 6.07) is 1.75. The second-order valence-electron chi connectivity index (χ2n) is 3.85. The van der Waals surface area contributed by atoms with Gasteiger partial charge in [-0.1, -0.05) is 0 Å². The molecule has 0 aromatic heterocycles. The average Bonchev–Trinajstić information content (AvgIpc) is 2.20. The minimum atomic E-state index is -1.32. The molecule has 0 radical (unpaired) electrons. The van der Waals surface area contributed by atoms with Gasteiger partial charge in [-0.2, -0.15) is 5.26 Å². The fourth-order valence-electron chi connectivity index (χ4n) is 2.34. The minimum absolute atomic E-state index is 0. The molecule has 3 heterocycles. The molecule has 74 valence electrons. The van der Waals surface area contributed by atoms with Gasteiger partial charge in [-0.05, 0) is 37.4 Å². The van der Waals surface area contributed by atoms with E-state index in [4.69, 9.17) is 5.26 Å². The molecular weight excluding hydrogens is 203 g/mol. The fraction of sp³-hybridized carbons (Fsp3) is 0.600. The Hall–Kier alpha value is -0.340. The number of hydrogen-bond acceptors (Lipinski definition) is 4. The van der Waals surface area contributed by atoms with Gasteiger partial charge in [0.15, 0.2) is 0 Å². The molecule has 15 heavy (non-hydrogen) atoms. The molecule has 0 amide bonds. The molecule has 3 rings (SSSR count). The summed E-state index contributed by atoms with van der Waals surface area (Å²) in [4.78, 5) is 12.9. The molecule has 3 aliphatic rings. The Morgan fingerprint density at radius 3 is 2.40 bits per heavy atom. The van der Waals surface area contributed by atoms with Crippen LogP contribution < -0.4 is 34.7 Å². The van der Waals surface area contributed by atoms with Crippen LogP contribution in [0.1, 0.15) is 12.8 Å². The summed E-state index contributed by atoms with van der Waals surface area (Å²) < 4.78 is 0. The van der Waals surface area contributed by atoms with Crippen molar-refractivity contribution < 1.29 is 39.5 Å². The van der Waals surface area contributed by atoms with Gasteiger partial charge < -0.3 is 9.90 Å². The molecule has 5 heteroatoms. The monoisotopic (exact) mass is 214 g/mol. The maximum Gasteiger partial charge on any atom is 1.00 e. The summed E-state index contributed by atoms with van der Waals surface area (Å²) in [7, 11) is 0. The Morgan fingerprint density at radius 1 is 1.47 bits per heavy atom. The number of fused-ring (bicyclic) bond motifs is 3. The first-order valence-electron chi connectivity index (χ1n) is 4.79. The van der Waals surface area contributed by atoms with Gasteiger partial charge in [0.1, 0.15) is 6.07 Å². The van der Waals surface area contributed by atoms with E-state index in [0.717, 1.165) is 31.5 Å². The van der Waals surface area contributed by atoms with Gasteiger partial charge in [0.05, 0.1) is 11.5 Å². The van der Waals surface area contributed by atoms with Crippen molar-refractivity contribution in [3.8, 4) is 6.07 Å². The van der Waals surface area contributed by atoms with Gasteiger partial charge in [0.25, 0.3) is 0 Å². The molecule has 0 spiro atoms. The van der Waals surface area contributed by atoms with E-state index in [9.17, 15) is 9.90 Å². The van der Waals surface area contributed by atoms with Crippen LogP contribution in [0.15, 0.2) is 11.1 Å². The van der Waals surface area contributed by atoms with Gasteiger partial charge in [0, 0.05) is 6.54 Å². The van der Waals surface area contributed by atoms with Crippen LogP contribution in [-0.4, -0.2) is 30.5 Å². The van der Waals surface area contributed by atoms with Crippen LogP contribution in [0.25, 0.3) is 0 Å².